The predicted octanol–water partition coefficient (Wildman–Crippen LogP) is 1.24. The van der Waals surface area contributed by atoms with Gasteiger partial charge in [-0.25, -0.2) is 4.98 Å². The first-order valence-corrected chi connectivity index (χ1v) is 6.15. The lowest BCUT2D eigenvalue weighted by molar-refractivity contribution is -0.121. The summed E-state index contributed by atoms with van der Waals surface area (Å²) in [7, 11) is 0. The molecule has 6 heteroatoms. The van der Waals surface area contributed by atoms with Crippen LogP contribution in [0, 0.1) is 13.8 Å². The fourth-order valence-corrected chi connectivity index (χ4v) is 1.77. The summed E-state index contributed by atoms with van der Waals surface area (Å²) in [6.45, 7) is 5.62. The van der Waals surface area contributed by atoms with E-state index in [0.717, 1.165) is 17.1 Å². The van der Waals surface area contributed by atoms with E-state index >= 15 is 0 Å². The molecule has 0 aliphatic carbocycles. The van der Waals surface area contributed by atoms with Gasteiger partial charge in [-0.1, -0.05) is 6.07 Å². The van der Waals surface area contributed by atoms with Crippen molar-refractivity contribution in [2.24, 2.45) is 0 Å². The summed E-state index contributed by atoms with van der Waals surface area (Å²) in [6, 6.07) is 3.58. The topological polar surface area (TPSA) is 83.6 Å². The molecule has 6 nitrogen and oxygen atoms in total. The highest BCUT2D eigenvalue weighted by atomic mass is 16.1. The number of H-pyrrole nitrogens is 1. The summed E-state index contributed by atoms with van der Waals surface area (Å²) in [5.74, 6) is 1.23. The summed E-state index contributed by atoms with van der Waals surface area (Å²) < 4.78 is 0. The number of carbonyl (C=O) groups excluding carboxylic acids is 1. The van der Waals surface area contributed by atoms with Gasteiger partial charge in [0, 0.05) is 6.20 Å². The Labute approximate surface area is 111 Å². The van der Waals surface area contributed by atoms with Gasteiger partial charge in [-0.05, 0) is 32.4 Å². The number of nitrogens with one attached hydrogen (secondary N) is 2. The van der Waals surface area contributed by atoms with Gasteiger partial charge in [0.05, 0.1) is 18.2 Å². The average Bonchev–Trinajstić information content (AvgIpc) is 2.79. The second kappa shape index (κ2) is 5.60. The molecule has 0 radical (unpaired) electrons. The van der Waals surface area contributed by atoms with Crippen molar-refractivity contribution >= 4 is 5.91 Å². The van der Waals surface area contributed by atoms with Crippen LogP contribution in [-0.4, -0.2) is 26.1 Å². The van der Waals surface area contributed by atoms with Crippen LogP contribution in [0.25, 0.3) is 0 Å². The number of carbonyl (C=O) groups is 1. The number of hydrogen-bond acceptors (Lipinski definition) is 4. The summed E-state index contributed by atoms with van der Waals surface area (Å²) in [6.07, 6.45) is 1.96. The van der Waals surface area contributed by atoms with Gasteiger partial charge in [0.25, 0.3) is 0 Å². The molecule has 2 N–H and O–H groups in total. The lowest BCUT2D eigenvalue weighted by Crippen LogP contribution is -2.29. The molecule has 19 heavy (non-hydrogen) atoms. The van der Waals surface area contributed by atoms with E-state index in [-0.39, 0.29) is 18.4 Å². The minimum Gasteiger partial charge on any atom is -0.346 e. The summed E-state index contributed by atoms with van der Waals surface area (Å²) in [5.41, 5.74) is 1.80. The molecular weight excluding hydrogens is 242 g/mol. The van der Waals surface area contributed by atoms with Crippen LogP contribution in [0.3, 0.4) is 0 Å². The lowest BCUT2D eigenvalue weighted by Gasteiger charge is -2.10. The van der Waals surface area contributed by atoms with Crippen molar-refractivity contribution in [2.75, 3.05) is 0 Å². The molecule has 2 heterocycles. The Balaban J connectivity index is 1.96. The first kappa shape index (κ1) is 13.2. The molecule has 1 unspecified atom stereocenters. The lowest BCUT2D eigenvalue weighted by atomic mass is 10.1. The average molecular weight is 259 g/mol. The zero-order valence-corrected chi connectivity index (χ0v) is 11.3. The van der Waals surface area contributed by atoms with Crippen LogP contribution >= 0.6 is 0 Å². The van der Waals surface area contributed by atoms with Crippen molar-refractivity contribution in [1.82, 2.24) is 25.5 Å². The monoisotopic (exact) mass is 259 g/mol. The number of aromatic nitrogens is 4. The molecule has 0 aliphatic rings. The number of aryl methyl sites for hydroxylation is 2. The summed E-state index contributed by atoms with van der Waals surface area (Å²) >= 11 is 0. The number of pyridine rings is 1. The van der Waals surface area contributed by atoms with Crippen molar-refractivity contribution < 1.29 is 4.79 Å². The second-order valence-corrected chi connectivity index (χ2v) is 4.51. The minimum absolute atomic E-state index is 0.0863. The first-order chi connectivity index (χ1) is 9.06. The number of rotatable bonds is 4. The van der Waals surface area contributed by atoms with Gasteiger partial charge in [-0.2, -0.15) is 5.10 Å². The Bertz CT molecular complexity index is 578. The van der Waals surface area contributed by atoms with E-state index in [9.17, 15) is 4.79 Å². The maximum absolute atomic E-state index is 11.9. The van der Waals surface area contributed by atoms with Crippen LogP contribution < -0.4 is 5.32 Å². The third kappa shape index (κ3) is 3.37. The Morgan fingerprint density at radius 1 is 1.47 bits per heavy atom. The third-order valence-electron chi connectivity index (χ3n) is 2.83. The maximum atomic E-state index is 11.9. The van der Waals surface area contributed by atoms with E-state index in [1.165, 1.54) is 0 Å². The van der Waals surface area contributed by atoms with Crippen molar-refractivity contribution in [3.05, 3.63) is 41.2 Å². The van der Waals surface area contributed by atoms with Gasteiger partial charge >= 0.3 is 0 Å². The maximum Gasteiger partial charge on any atom is 0.226 e. The van der Waals surface area contributed by atoms with Crippen LogP contribution in [0.1, 0.15) is 35.9 Å². The number of nitrogens with zero attached hydrogens (tertiary/aromatic N) is 3. The van der Waals surface area contributed by atoms with Crippen LogP contribution in [0.2, 0.25) is 0 Å². The first-order valence-electron chi connectivity index (χ1n) is 6.15. The summed E-state index contributed by atoms with van der Waals surface area (Å²) in [4.78, 5) is 20.3. The third-order valence-corrected chi connectivity index (χ3v) is 2.83. The minimum atomic E-state index is -0.221. The molecule has 0 spiro atoms. The molecule has 0 fully saturated rings. The number of hydrogen-bond donors (Lipinski definition) is 2. The van der Waals surface area contributed by atoms with Crippen LogP contribution in [0.15, 0.2) is 18.3 Å². The summed E-state index contributed by atoms with van der Waals surface area (Å²) in [5, 5.41) is 9.64. The second-order valence-electron chi connectivity index (χ2n) is 4.51. The van der Waals surface area contributed by atoms with Gasteiger partial charge in [-0.3, -0.25) is 14.9 Å². The highest BCUT2D eigenvalue weighted by Crippen LogP contribution is 2.08. The largest absolute Gasteiger partial charge is 0.346 e. The van der Waals surface area contributed by atoms with E-state index in [4.69, 9.17) is 0 Å². The standard InChI is InChI=1S/C13H17N5O/c1-8-5-4-6-14-11(8)7-12(19)15-9(2)13-16-10(3)17-18-13/h4-6,9H,7H2,1-3H3,(H,15,19)(H,16,17,18). The number of amides is 1. The highest BCUT2D eigenvalue weighted by molar-refractivity contribution is 5.78. The van der Waals surface area contributed by atoms with Gasteiger partial charge in [0.15, 0.2) is 5.82 Å². The molecule has 100 valence electrons. The van der Waals surface area contributed by atoms with Crippen molar-refractivity contribution in [2.45, 2.75) is 33.2 Å². The molecule has 1 amide bonds. The molecule has 0 bridgehead atoms. The molecule has 2 aromatic heterocycles. The smallest absolute Gasteiger partial charge is 0.226 e. The molecule has 0 saturated carbocycles. The number of aromatic amines is 1. The van der Waals surface area contributed by atoms with E-state index < -0.39 is 0 Å². The van der Waals surface area contributed by atoms with Crippen molar-refractivity contribution in [1.29, 1.82) is 0 Å². The van der Waals surface area contributed by atoms with Crippen molar-refractivity contribution in [3.8, 4) is 0 Å². The fourth-order valence-electron chi connectivity index (χ4n) is 1.77. The van der Waals surface area contributed by atoms with E-state index in [1.54, 1.807) is 6.20 Å². The van der Waals surface area contributed by atoms with Gasteiger partial charge < -0.3 is 5.32 Å². The molecular formula is C13H17N5O. The van der Waals surface area contributed by atoms with E-state index in [0.29, 0.717) is 5.82 Å². The van der Waals surface area contributed by atoms with Crippen LogP contribution in [0.5, 0.6) is 0 Å². The quantitative estimate of drug-likeness (QED) is 0.865. The SMILES string of the molecule is Cc1nc(C(C)NC(=O)Cc2ncccc2C)n[nH]1. The molecule has 0 aromatic carbocycles. The molecule has 2 rings (SSSR count). The predicted molar refractivity (Wildman–Crippen MR) is 70.4 cm³/mol. The van der Waals surface area contributed by atoms with Crippen LogP contribution in [0.4, 0.5) is 0 Å². The van der Waals surface area contributed by atoms with Crippen molar-refractivity contribution in [3.63, 3.8) is 0 Å². The zero-order chi connectivity index (χ0) is 13.8. The normalized spacial score (nSPS) is 12.2. The molecule has 1 atom stereocenters. The Kier molecular flexibility index (Phi) is 3.89. The van der Waals surface area contributed by atoms with Crippen LogP contribution in [-0.2, 0) is 11.2 Å². The Morgan fingerprint density at radius 2 is 2.26 bits per heavy atom. The zero-order valence-electron chi connectivity index (χ0n) is 11.3. The molecule has 0 saturated heterocycles. The molecule has 0 aliphatic heterocycles. The highest BCUT2D eigenvalue weighted by Gasteiger charge is 2.14. The van der Waals surface area contributed by atoms with Gasteiger partial charge in [0.1, 0.15) is 5.82 Å². The van der Waals surface area contributed by atoms with E-state index in [2.05, 4.69) is 25.5 Å². The Morgan fingerprint density at radius 3 is 2.89 bits per heavy atom. The molecule has 2 aromatic rings. The van der Waals surface area contributed by atoms with E-state index in [1.807, 2.05) is 32.9 Å². The Hall–Kier alpha value is -2.24. The van der Waals surface area contributed by atoms with Gasteiger partial charge in [-0.15, -0.1) is 0 Å². The fraction of sp³-hybridized carbons (Fsp3) is 0.385. The van der Waals surface area contributed by atoms with Gasteiger partial charge in [0.2, 0.25) is 5.91 Å².